The van der Waals surface area contributed by atoms with Gasteiger partial charge in [-0.15, -0.1) is 0 Å². The quantitative estimate of drug-likeness (QED) is 0.837. The first-order valence-corrected chi connectivity index (χ1v) is 7.03. The molecule has 1 aliphatic heterocycles. The first-order chi connectivity index (χ1) is 11.1. The van der Waals surface area contributed by atoms with Crippen molar-refractivity contribution in [1.82, 2.24) is 5.32 Å². The number of fused-ring (bicyclic) bond motifs is 1. The Balaban J connectivity index is 2.15. The van der Waals surface area contributed by atoms with E-state index in [1.54, 1.807) is 12.1 Å². The first-order valence-electron chi connectivity index (χ1n) is 7.03. The number of carboxylic acids is 1. The monoisotopic (exact) mass is 317 g/mol. The van der Waals surface area contributed by atoms with Crippen LogP contribution in [0.2, 0.25) is 0 Å². The zero-order valence-electron chi connectivity index (χ0n) is 12.4. The van der Waals surface area contributed by atoms with E-state index in [1.807, 2.05) is 12.1 Å². The van der Waals surface area contributed by atoms with Gasteiger partial charge in [-0.2, -0.15) is 0 Å². The van der Waals surface area contributed by atoms with Gasteiger partial charge in [0, 0.05) is 17.9 Å². The van der Waals surface area contributed by atoms with Gasteiger partial charge >= 0.3 is 5.97 Å². The summed E-state index contributed by atoms with van der Waals surface area (Å²) >= 11 is 0. The Labute approximate surface area is 131 Å². The minimum absolute atomic E-state index is 0.247. The molecule has 2 aromatic rings. The number of rotatable bonds is 4. The minimum atomic E-state index is -1.25. The second-order valence-corrected chi connectivity index (χ2v) is 4.99. The fourth-order valence-electron chi connectivity index (χ4n) is 2.40. The smallest absolute Gasteiger partial charge is 0.352 e. The molecule has 23 heavy (non-hydrogen) atoms. The zero-order chi connectivity index (χ0) is 16.4. The summed E-state index contributed by atoms with van der Waals surface area (Å²) in [5, 5.41) is 12.3. The van der Waals surface area contributed by atoms with E-state index in [1.165, 1.54) is 13.0 Å². The van der Waals surface area contributed by atoms with Gasteiger partial charge in [-0.1, -0.05) is 18.2 Å². The van der Waals surface area contributed by atoms with Gasteiger partial charge in [0.25, 0.3) is 0 Å². The van der Waals surface area contributed by atoms with Gasteiger partial charge in [-0.25, -0.2) is 4.79 Å². The Hall–Kier alpha value is -2.64. The van der Waals surface area contributed by atoms with Gasteiger partial charge in [-0.05, 0) is 12.1 Å². The molecule has 0 bridgehead atoms. The topological polar surface area (TPSA) is 98.0 Å². The van der Waals surface area contributed by atoms with Crippen molar-refractivity contribution < 1.29 is 28.6 Å². The zero-order valence-corrected chi connectivity index (χ0v) is 12.4. The van der Waals surface area contributed by atoms with E-state index < -0.39 is 18.2 Å². The van der Waals surface area contributed by atoms with Gasteiger partial charge in [0.1, 0.15) is 11.3 Å². The van der Waals surface area contributed by atoms with Crippen LogP contribution in [0.15, 0.2) is 34.4 Å². The van der Waals surface area contributed by atoms with Gasteiger partial charge in [0.05, 0.1) is 13.2 Å². The average Bonchev–Trinajstić information content (AvgIpc) is 3.13. The molecule has 1 aromatic carbocycles. The van der Waals surface area contributed by atoms with E-state index in [-0.39, 0.29) is 5.70 Å². The third-order valence-corrected chi connectivity index (χ3v) is 3.33. The van der Waals surface area contributed by atoms with Crippen molar-refractivity contribution in [3.63, 3.8) is 0 Å². The number of para-hydroxylation sites is 1. The number of amides is 1. The number of carboxylic acid groups (broad SMARTS) is 1. The van der Waals surface area contributed by atoms with Crippen LogP contribution in [0.25, 0.3) is 17.0 Å². The van der Waals surface area contributed by atoms with Gasteiger partial charge in [-0.3, -0.25) is 4.79 Å². The highest BCUT2D eigenvalue weighted by molar-refractivity contribution is 5.99. The number of hydrogen-bond donors (Lipinski definition) is 2. The summed E-state index contributed by atoms with van der Waals surface area (Å²) in [5.74, 6) is -1.33. The van der Waals surface area contributed by atoms with Crippen molar-refractivity contribution in [3.05, 3.63) is 41.3 Å². The lowest BCUT2D eigenvalue weighted by atomic mass is 10.1. The highest BCUT2D eigenvalue weighted by Crippen LogP contribution is 2.35. The van der Waals surface area contributed by atoms with Gasteiger partial charge in [0.15, 0.2) is 5.76 Å². The maximum Gasteiger partial charge on any atom is 0.352 e. The fraction of sp³-hybridized carbons (Fsp3) is 0.250. The number of benzene rings is 1. The van der Waals surface area contributed by atoms with Crippen LogP contribution in [0, 0.1) is 0 Å². The number of aliphatic carboxylic acids is 1. The summed E-state index contributed by atoms with van der Waals surface area (Å²) in [6.45, 7) is 2.11. The SMILES string of the molecule is CC(=O)N/C(=C\c1c(C2OCCO2)oc2ccccc12)C(=O)O. The summed E-state index contributed by atoms with van der Waals surface area (Å²) in [7, 11) is 0. The van der Waals surface area contributed by atoms with E-state index in [0.29, 0.717) is 35.5 Å². The lowest BCUT2D eigenvalue weighted by Crippen LogP contribution is -2.24. The van der Waals surface area contributed by atoms with Crippen LogP contribution < -0.4 is 5.32 Å². The van der Waals surface area contributed by atoms with Crippen molar-refractivity contribution in [2.45, 2.75) is 13.2 Å². The van der Waals surface area contributed by atoms with Crippen LogP contribution in [-0.2, 0) is 19.1 Å². The largest absolute Gasteiger partial charge is 0.477 e. The Bertz CT molecular complexity index is 785. The molecule has 1 saturated heterocycles. The van der Waals surface area contributed by atoms with Crippen LogP contribution in [0.4, 0.5) is 0 Å². The molecule has 7 nitrogen and oxygen atoms in total. The molecule has 1 amide bonds. The molecule has 3 rings (SSSR count). The van der Waals surface area contributed by atoms with E-state index in [2.05, 4.69) is 5.32 Å². The van der Waals surface area contributed by atoms with Crippen molar-refractivity contribution in [2.24, 2.45) is 0 Å². The Morgan fingerprint density at radius 2 is 1.96 bits per heavy atom. The van der Waals surface area contributed by atoms with Crippen LogP contribution in [0.5, 0.6) is 0 Å². The predicted octanol–water partition coefficient (Wildman–Crippen LogP) is 2.04. The van der Waals surface area contributed by atoms with Crippen molar-refractivity contribution >= 4 is 28.9 Å². The second-order valence-electron chi connectivity index (χ2n) is 4.99. The maximum absolute atomic E-state index is 11.4. The Morgan fingerprint density at radius 3 is 2.61 bits per heavy atom. The van der Waals surface area contributed by atoms with E-state index in [0.717, 1.165) is 0 Å². The molecule has 0 saturated carbocycles. The summed E-state index contributed by atoms with van der Waals surface area (Å²) in [4.78, 5) is 22.6. The predicted molar refractivity (Wildman–Crippen MR) is 80.3 cm³/mol. The summed E-state index contributed by atoms with van der Waals surface area (Å²) in [6, 6.07) is 7.19. The number of hydrogen-bond acceptors (Lipinski definition) is 5. The Morgan fingerprint density at radius 1 is 1.26 bits per heavy atom. The number of carbonyl (C=O) groups excluding carboxylic acids is 1. The summed E-state index contributed by atoms with van der Waals surface area (Å²) < 4.78 is 16.7. The number of carbonyl (C=O) groups is 2. The van der Waals surface area contributed by atoms with Crippen molar-refractivity contribution in [3.8, 4) is 0 Å². The van der Waals surface area contributed by atoms with Gasteiger partial charge in [0.2, 0.25) is 12.2 Å². The van der Waals surface area contributed by atoms with Crippen molar-refractivity contribution in [1.29, 1.82) is 0 Å². The average molecular weight is 317 g/mol. The minimum Gasteiger partial charge on any atom is -0.477 e. The van der Waals surface area contributed by atoms with Crippen molar-refractivity contribution in [2.75, 3.05) is 13.2 Å². The van der Waals surface area contributed by atoms with Gasteiger partial charge < -0.3 is 24.3 Å². The number of furan rings is 1. The third kappa shape index (κ3) is 3.10. The third-order valence-electron chi connectivity index (χ3n) is 3.33. The molecular formula is C16H15NO6. The molecule has 1 aromatic heterocycles. The molecule has 0 radical (unpaired) electrons. The molecule has 1 fully saturated rings. The molecule has 0 spiro atoms. The van der Waals surface area contributed by atoms with Crippen LogP contribution in [0.3, 0.4) is 0 Å². The van der Waals surface area contributed by atoms with Crippen LogP contribution >= 0.6 is 0 Å². The molecule has 0 unspecified atom stereocenters. The molecule has 0 aliphatic carbocycles. The second kappa shape index (κ2) is 6.23. The number of ether oxygens (including phenoxy) is 2. The molecule has 2 heterocycles. The molecule has 7 heteroatoms. The highest BCUT2D eigenvalue weighted by Gasteiger charge is 2.27. The van der Waals surface area contributed by atoms with Crippen LogP contribution in [-0.4, -0.2) is 30.2 Å². The summed E-state index contributed by atoms with van der Waals surface area (Å²) in [6.07, 6.45) is 0.664. The maximum atomic E-state index is 11.4. The molecule has 120 valence electrons. The molecule has 0 atom stereocenters. The lowest BCUT2D eigenvalue weighted by molar-refractivity contribution is -0.134. The molecule has 1 aliphatic rings. The van der Waals surface area contributed by atoms with E-state index >= 15 is 0 Å². The first kappa shape index (κ1) is 15.3. The van der Waals surface area contributed by atoms with E-state index in [9.17, 15) is 14.7 Å². The Kier molecular flexibility index (Phi) is 4.14. The number of nitrogens with one attached hydrogen (secondary N) is 1. The lowest BCUT2D eigenvalue weighted by Gasteiger charge is -2.08. The van der Waals surface area contributed by atoms with Crippen LogP contribution in [0.1, 0.15) is 24.5 Å². The standard InChI is InChI=1S/C16H15NO6/c1-9(18)17-12(15(19)20)8-11-10-4-2-3-5-13(10)23-14(11)16-21-6-7-22-16/h2-5,8,16H,6-7H2,1H3,(H,17,18)(H,19,20)/b12-8-. The fourth-order valence-corrected chi connectivity index (χ4v) is 2.40. The molecular weight excluding hydrogens is 302 g/mol. The normalized spacial score (nSPS) is 16.0. The highest BCUT2D eigenvalue weighted by atomic mass is 16.7. The summed E-state index contributed by atoms with van der Waals surface area (Å²) in [5.41, 5.74) is 0.849. The van der Waals surface area contributed by atoms with E-state index in [4.69, 9.17) is 13.9 Å². The molecule has 2 N–H and O–H groups in total.